The molecule has 0 aliphatic rings. The lowest BCUT2D eigenvalue weighted by atomic mass is 9.97. The largest absolute Gasteiger partial charge is 0.308 e. The van der Waals surface area contributed by atoms with Gasteiger partial charge in [-0.3, -0.25) is 0 Å². The quantitative estimate of drug-likeness (QED) is 0.176. The fraction of sp³-hybridized carbons (Fsp3) is 0. The second-order valence-corrected chi connectivity index (χ2v) is 13.4. The Bertz CT molecular complexity index is 2840. The molecule has 0 N–H and O–H groups in total. The molecule has 10 aromatic rings. The summed E-state index contributed by atoms with van der Waals surface area (Å²) in [7, 11) is 0. The van der Waals surface area contributed by atoms with Gasteiger partial charge in [-0.15, -0.1) is 0 Å². The maximum absolute atomic E-state index is 5.24. The van der Waals surface area contributed by atoms with Gasteiger partial charge in [-0.2, -0.15) is 0 Å². The lowest BCUT2D eigenvalue weighted by Crippen LogP contribution is -1.96. The highest BCUT2D eigenvalue weighted by Crippen LogP contribution is 2.41. The number of pyridine rings is 2. The molecule has 0 saturated carbocycles. The van der Waals surface area contributed by atoms with E-state index in [1.165, 1.54) is 27.4 Å². The normalized spacial score (nSPS) is 11.4. The van der Waals surface area contributed by atoms with Crippen LogP contribution in [0.15, 0.2) is 200 Å². The van der Waals surface area contributed by atoms with Crippen LogP contribution in [0.3, 0.4) is 0 Å². The van der Waals surface area contributed by atoms with Crippen LogP contribution in [0.1, 0.15) is 0 Å². The second-order valence-electron chi connectivity index (χ2n) is 13.4. The highest BCUT2D eigenvalue weighted by atomic mass is 15.0. The van der Waals surface area contributed by atoms with Gasteiger partial charge < -0.3 is 4.57 Å². The molecule has 3 nitrogen and oxygen atoms in total. The molecular formula is C50H33N3. The van der Waals surface area contributed by atoms with Crippen LogP contribution < -0.4 is 0 Å². The van der Waals surface area contributed by atoms with Crippen molar-refractivity contribution >= 4 is 32.7 Å². The molecular weight excluding hydrogens is 643 g/mol. The molecule has 0 fully saturated rings. The standard InChI is InChI=1S/C50H33N3/c1-4-14-37(15-5-1)45-32-40(33-46(51-45)38-16-6-2-7-17-38)36-26-24-34(25-27-36)35-28-30-41(31-29-35)53-47-23-13-11-21-43(47)48-49(39-18-8-3-9-19-39)52-44-22-12-10-20-42(44)50(48)53/h1-33H. The highest BCUT2D eigenvalue weighted by Gasteiger charge is 2.20. The Hall–Kier alpha value is -7.10. The fourth-order valence-corrected chi connectivity index (χ4v) is 7.62. The molecule has 3 aromatic heterocycles. The Morgan fingerprint density at radius 3 is 1.42 bits per heavy atom. The smallest absolute Gasteiger partial charge is 0.0809 e. The third-order valence-corrected chi connectivity index (χ3v) is 10.2. The van der Waals surface area contributed by atoms with Crippen molar-refractivity contribution in [1.29, 1.82) is 0 Å². The lowest BCUT2D eigenvalue weighted by Gasteiger charge is -2.13. The van der Waals surface area contributed by atoms with Crippen LogP contribution in [0.5, 0.6) is 0 Å². The van der Waals surface area contributed by atoms with E-state index in [9.17, 15) is 0 Å². The summed E-state index contributed by atoms with van der Waals surface area (Å²) in [5, 5.41) is 3.51. The molecule has 7 aromatic carbocycles. The molecule has 0 atom stereocenters. The number of aromatic nitrogens is 3. The predicted molar refractivity (Wildman–Crippen MR) is 221 cm³/mol. The molecule has 0 radical (unpaired) electrons. The lowest BCUT2D eigenvalue weighted by molar-refractivity contribution is 1.18. The summed E-state index contributed by atoms with van der Waals surface area (Å²) < 4.78 is 2.41. The van der Waals surface area contributed by atoms with Gasteiger partial charge in [-0.25, -0.2) is 9.97 Å². The van der Waals surface area contributed by atoms with Gasteiger partial charge in [-0.05, 0) is 58.7 Å². The van der Waals surface area contributed by atoms with E-state index in [0.717, 1.165) is 67.0 Å². The summed E-state index contributed by atoms with van der Waals surface area (Å²) in [6.45, 7) is 0. The summed E-state index contributed by atoms with van der Waals surface area (Å²) in [4.78, 5) is 10.3. The molecule has 0 bridgehead atoms. The average Bonchev–Trinajstić information content (AvgIpc) is 3.60. The van der Waals surface area contributed by atoms with Crippen molar-refractivity contribution < 1.29 is 0 Å². The predicted octanol–water partition coefficient (Wildman–Crippen LogP) is 13.1. The van der Waals surface area contributed by atoms with Crippen LogP contribution in [0, 0.1) is 0 Å². The van der Waals surface area contributed by atoms with Gasteiger partial charge >= 0.3 is 0 Å². The third kappa shape index (κ3) is 5.47. The van der Waals surface area contributed by atoms with E-state index in [1.807, 2.05) is 12.1 Å². The summed E-state index contributed by atoms with van der Waals surface area (Å²) in [5.74, 6) is 0. The molecule has 248 valence electrons. The van der Waals surface area contributed by atoms with Crippen LogP contribution in [-0.2, 0) is 0 Å². The van der Waals surface area contributed by atoms with Crippen LogP contribution in [0.2, 0.25) is 0 Å². The van der Waals surface area contributed by atoms with Gasteiger partial charge in [0.15, 0.2) is 0 Å². The number of hydrogen-bond donors (Lipinski definition) is 0. The first kappa shape index (κ1) is 30.7. The van der Waals surface area contributed by atoms with Gasteiger partial charge in [0.05, 0.1) is 33.6 Å². The van der Waals surface area contributed by atoms with E-state index in [0.29, 0.717) is 0 Å². The van der Waals surface area contributed by atoms with Crippen molar-refractivity contribution in [3.05, 3.63) is 200 Å². The zero-order chi connectivity index (χ0) is 35.1. The van der Waals surface area contributed by atoms with Crippen LogP contribution in [0.4, 0.5) is 0 Å². The van der Waals surface area contributed by atoms with Gasteiger partial charge in [0.25, 0.3) is 0 Å². The second kappa shape index (κ2) is 12.9. The number of nitrogens with zero attached hydrogens (tertiary/aromatic N) is 3. The van der Waals surface area contributed by atoms with Crippen LogP contribution in [-0.4, -0.2) is 14.5 Å². The van der Waals surface area contributed by atoms with Crippen molar-refractivity contribution in [3.63, 3.8) is 0 Å². The fourth-order valence-electron chi connectivity index (χ4n) is 7.62. The third-order valence-electron chi connectivity index (χ3n) is 10.2. The van der Waals surface area contributed by atoms with Gasteiger partial charge in [0.1, 0.15) is 0 Å². The molecule has 0 aliphatic heterocycles. The minimum absolute atomic E-state index is 0.964. The monoisotopic (exact) mass is 675 g/mol. The number of rotatable bonds is 6. The molecule has 3 heteroatoms. The van der Waals surface area contributed by atoms with E-state index in [-0.39, 0.29) is 0 Å². The Kier molecular flexibility index (Phi) is 7.47. The first-order chi connectivity index (χ1) is 26.3. The Balaban J connectivity index is 1.06. The van der Waals surface area contributed by atoms with E-state index < -0.39 is 0 Å². The van der Waals surface area contributed by atoms with Crippen molar-refractivity contribution in [2.45, 2.75) is 0 Å². The summed E-state index contributed by atoms with van der Waals surface area (Å²) in [6.07, 6.45) is 0. The summed E-state index contributed by atoms with van der Waals surface area (Å²) >= 11 is 0. The zero-order valence-electron chi connectivity index (χ0n) is 28.9. The number of benzene rings is 7. The number of hydrogen-bond acceptors (Lipinski definition) is 2. The first-order valence-electron chi connectivity index (χ1n) is 18.0. The minimum atomic E-state index is 0.964. The number of fused-ring (bicyclic) bond motifs is 5. The zero-order valence-corrected chi connectivity index (χ0v) is 28.9. The van der Waals surface area contributed by atoms with Crippen LogP contribution in [0.25, 0.3) is 94.4 Å². The Morgan fingerprint density at radius 1 is 0.340 bits per heavy atom. The van der Waals surface area contributed by atoms with E-state index in [2.05, 4.69) is 193 Å². The maximum atomic E-state index is 5.24. The van der Waals surface area contributed by atoms with E-state index in [4.69, 9.17) is 9.97 Å². The summed E-state index contributed by atoms with van der Waals surface area (Å²) in [6, 6.07) is 70.8. The van der Waals surface area contributed by atoms with Crippen LogP contribution >= 0.6 is 0 Å². The van der Waals surface area contributed by atoms with Crippen molar-refractivity contribution in [2.75, 3.05) is 0 Å². The topological polar surface area (TPSA) is 30.7 Å². The maximum Gasteiger partial charge on any atom is 0.0809 e. The Morgan fingerprint density at radius 2 is 0.811 bits per heavy atom. The first-order valence-corrected chi connectivity index (χ1v) is 18.0. The van der Waals surface area contributed by atoms with Gasteiger partial charge in [-0.1, -0.05) is 164 Å². The highest BCUT2D eigenvalue weighted by molar-refractivity contribution is 6.22. The SMILES string of the molecule is c1ccc(-c2cc(-c3ccc(-c4ccc(-n5c6ccccc6c6c(-c7ccccc7)nc7ccccc7c65)cc4)cc3)cc(-c3ccccc3)n2)cc1. The van der Waals surface area contributed by atoms with Crippen molar-refractivity contribution in [2.24, 2.45) is 0 Å². The minimum Gasteiger partial charge on any atom is -0.308 e. The number of para-hydroxylation sites is 2. The molecule has 0 aliphatic carbocycles. The molecule has 0 unspecified atom stereocenters. The Labute approximate surface area is 308 Å². The van der Waals surface area contributed by atoms with E-state index in [1.54, 1.807) is 0 Å². The molecule has 53 heavy (non-hydrogen) atoms. The van der Waals surface area contributed by atoms with Gasteiger partial charge in [0, 0.05) is 38.5 Å². The summed E-state index contributed by atoms with van der Waals surface area (Å²) in [5.41, 5.74) is 15.3. The molecule has 3 heterocycles. The molecule has 0 spiro atoms. The molecule has 0 amide bonds. The van der Waals surface area contributed by atoms with Crippen molar-refractivity contribution in [1.82, 2.24) is 14.5 Å². The van der Waals surface area contributed by atoms with E-state index >= 15 is 0 Å². The van der Waals surface area contributed by atoms with Gasteiger partial charge in [0.2, 0.25) is 0 Å². The van der Waals surface area contributed by atoms with Crippen molar-refractivity contribution in [3.8, 4) is 61.7 Å². The molecule has 0 saturated heterocycles. The molecule has 10 rings (SSSR count). The average molecular weight is 676 g/mol.